The molecule has 1 atom stereocenters. The van der Waals surface area contributed by atoms with E-state index in [-0.39, 0.29) is 23.5 Å². The maximum Gasteiger partial charge on any atom is 0.252 e. The molecule has 0 amide bonds. The maximum atomic E-state index is 13.5. The summed E-state index contributed by atoms with van der Waals surface area (Å²) in [7, 11) is -3.88. The summed E-state index contributed by atoms with van der Waals surface area (Å²) in [5.41, 5.74) is 0.540. The quantitative estimate of drug-likeness (QED) is 0.584. The summed E-state index contributed by atoms with van der Waals surface area (Å²) in [4.78, 5) is 15.9. The van der Waals surface area contributed by atoms with Crippen molar-refractivity contribution in [3.05, 3.63) is 64.4 Å². The first-order valence-corrected chi connectivity index (χ1v) is 12.1. The van der Waals surface area contributed by atoms with Gasteiger partial charge in [-0.2, -0.15) is 4.31 Å². The second-order valence-electron chi connectivity index (χ2n) is 7.89. The molecule has 0 unspecified atom stereocenters. The number of sulfonamides is 1. The Balaban J connectivity index is 1.51. The van der Waals surface area contributed by atoms with E-state index in [9.17, 15) is 13.2 Å². The molecule has 2 aliphatic heterocycles. The van der Waals surface area contributed by atoms with Crippen LogP contribution in [0, 0.1) is 0 Å². The zero-order valence-corrected chi connectivity index (χ0v) is 18.7. The highest BCUT2D eigenvalue weighted by Gasteiger charge is 2.29. The summed E-state index contributed by atoms with van der Waals surface area (Å²) in [6.45, 7) is 2.00. The highest BCUT2D eigenvalue weighted by atomic mass is 32.2. The van der Waals surface area contributed by atoms with Crippen molar-refractivity contribution in [3.63, 3.8) is 0 Å². The minimum Gasteiger partial charge on any atom is -0.486 e. The molecular weight excluding hydrogens is 448 g/mol. The number of hydrogen-bond donors (Lipinski definition) is 1. The number of ether oxygens (including phenoxy) is 4. The molecular formula is C23H24N2O7S. The van der Waals surface area contributed by atoms with Gasteiger partial charge in [0.2, 0.25) is 10.0 Å². The number of benzene rings is 2. The van der Waals surface area contributed by atoms with E-state index in [0.717, 1.165) is 5.39 Å². The lowest BCUT2D eigenvalue weighted by molar-refractivity contribution is -0.0923. The number of rotatable bonds is 6. The van der Waals surface area contributed by atoms with Crippen molar-refractivity contribution in [2.24, 2.45) is 0 Å². The van der Waals surface area contributed by atoms with Gasteiger partial charge in [0.05, 0.1) is 36.3 Å². The number of H-pyrrole nitrogens is 1. The van der Waals surface area contributed by atoms with Gasteiger partial charge in [-0.3, -0.25) is 4.79 Å². The van der Waals surface area contributed by atoms with Crippen molar-refractivity contribution >= 4 is 20.9 Å². The van der Waals surface area contributed by atoms with Crippen LogP contribution in [0.4, 0.5) is 0 Å². The molecule has 0 aliphatic carbocycles. The Morgan fingerprint density at radius 3 is 2.45 bits per heavy atom. The highest BCUT2D eigenvalue weighted by Crippen LogP contribution is 2.33. The maximum absolute atomic E-state index is 13.5. The average molecular weight is 473 g/mol. The fraction of sp³-hybridized carbons (Fsp3) is 0.348. The zero-order valence-electron chi connectivity index (χ0n) is 17.9. The van der Waals surface area contributed by atoms with Crippen LogP contribution in [0.2, 0.25) is 0 Å². The summed E-state index contributed by atoms with van der Waals surface area (Å²) in [6, 6.07) is 13.4. The third kappa shape index (κ3) is 4.60. The van der Waals surface area contributed by atoms with Gasteiger partial charge in [0, 0.05) is 30.1 Å². The molecule has 3 aromatic rings. The first kappa shape index (κ1) is 21.9. The minimum absolute atomic E-state index is 0.0653. The van der Waals surface area contributed by atoms with E-state index in [0.29, 0.717) is 55.6 Å². The van der Waals surface area contributed by atoms with Gasteiger partial charge in [-0.1, -0.05) is 18.2 Å². The van der Waals surface area contributed by atoms with Gasteiger partial charge in [0.25, 0.3) is 5.56 Å². The first-order chi connectivity index (χ1) is 16.0. The average Bonchev–Trinajstić information content (AvgIpc) is 2.84. The monoisotopic (exact) mass is 472 g/mol. The zero-order chi connectivity index (χ0) is 22.8. The summed E-state index contributed by atoms with van der Waals surface area (Å²) >= 11 is 0. The smallest absolute Gasteiger partial charge is 0.252 e. The molecule has 0 spiro atoms. The van der Waals surface area contributed by atoms with Gasteiger partial charge < -0.3 is 23.9 Å². The molecule has 1 fully saturated rings. The summed E-state index contributed by atoms with van der Waals surface area (Å²) in [6.07, 6.45) is -0.422. The molecule has 174 valence electrons. The number of fused-ring (bicyclic) bond motifs is 2. The summed E-state index contributed by atoms with van der Waals surface area (Å²) in [5.74, 6) is 1.16. The molecule has 1 aromatic heterocycles. The second kappa shape index (κ2) is 9.14. The lowest BCUT2D eigenvalue weighted by atomic mass is 10.1. The van der Waals surface area contributed by atoms with Crippen LogP contribution in [0.5, 0.6) is 11.5 Å². The molecule has 9 nitrogen and oxygen atoms in total. The van der Waals surface area contributed by atoms with Crippen LogP contribution >= 0.6 is 0 Å². The Morgan fingerprint density at radius 1 is 0.970 bits per heavy atom. The Morgan fingerprint density at radius 2 is 1.73 bits per heavy atom. The standard InChI is InChI=1S/C23H24N2O7S/c26-23-17(10-16-11-21-22(12-20(16)24-23)32-9-8-31-21)13-25(14-18-15-29-6-7-30-18)33(27,28)19-4-2-1-3-5-19/h1-5,10-12,18H,6-9,13-15H2,(H,24,26)/t18-/m0/s1. The van der Waals surface area contributed by atoms with Gasteiger partial charge in [0.1, 0.15) is 13.2 Å². The molecule has 1 N–H and O–H groups in total. The van der Waals surface area contributed by atoms with Gasteiger partial charge in [-0.05, 0) is 24.3 Å². The van der Waals surface area contributed by atoms with E-state index in [1.165, 1.54) is 16.4 Å². The number of hydrogen-bond acceptors (Lipinski definition) is 7. The number of aromatic nitrogens is 1. The van der Waals surface area contributed by atoms with Crippen molar-refractivity contribution in [1.29, 1.82) is 0 Å². The predicted molar refractivity (Wildman–Crippen MR) is 120 cm³/mol. The normalized spacial score (nSPS) is 18.5. The lowest BCUT2D eigenvalue weighted by Gasteiger charge is -2.29. The van der Waals surface area contributed by atoms with Crippen LogP contribution in [0.15, 0.2) is 58.2 Å². The van der Waals surface area contributed by atoms with E-state index in [4.69, 9.17) is 18.9 Å². The molecule has 0 bridgehead atoms. The molecule has 2 aliphatic rings. The number of aromatic amines is 1. The molecule has 0 saturated carbocycles. The van der Waals surface area contributed by atoms with Gasteiger partial charge in [0.15, 0.2) is 11.5 Å². The molecule has 10 heteroatoms. The van der Waals surface area contributed by atoms with E-state index < -0.39 is 16.1 Å². The van der Waals surface area contributed by atoms with Crippen molar-refractivity contribution in [2.45, 2.75) is 17.5 Å². The number of nitrogens with zero attached hydrogens (tertiary/aromatic N) is 1. The van der Waals surface area contributed by atoms with Crippen LogP contribution in [0.25, 0.3) is 10.9 Å². The molecule has 5 rings (SSSR count). The molecule has 0 radical (unpaired) electrons. The molecule has 2 aromatic carbocycles. The number of nitrogens with one attached hydrogen (secondary N) is 1. The first-order valence-electron chi connectivity index (χ1n) is 10.7. The van der Waals surface area contributed by atoms with Crippen LogP contribution in [0.1, 0.15) is 5.56 Å². The van der Waals surface area contributed by atoms with Crippen LogP contribution in [-0.2, 0) is 26.0 Å². The van der Waals surface area contributed by atoms with Crippen LogP contribution in [0.3, 0.4) is 0 Å². The van der Waals surface area contributed by atoms with Crippen molar-refractivity contribution in [2.75, 3.05) is 39.6 Å². The Kier molecular flexibility index (Phi) is 6.07. The van der Waals surface area contributed by atoms with E-state index in [1.54, 1.807) is 36.4 Å². The van der Waals surface area contributed by atoms with E-state index in [1.807, 2.05) is 0 Å². The minimum atomic E-state index is -3.88. The second-order valence-corrected chi connectivity index (χ2v) is 9.82. The van der Waals surface area contributed by atoms with Crippen molar-refractivity contribution in [1.82, 2.24) is 9.29 Å². The van der Waals surface area contributed by atoms with Crippen molar-refractivity contribution in [3.8, 4) is 11.5 Å². The summed E-state index contributed by atoms with van der Waals surface area (Å²) < 4.78 is 50.6. The van der Waals surface area contributed by atoms with Crippen LogP contribution in [-0.4, -0.2) is 63.4 Å². The topological polar surface area (TPSA) is 107 Å². The van der Waals surface area contributed by atoms with Crippen molar-refractivity contribution < 1.29 is 27.4 Å². The fourth-order valence-corrected chi connectivity index (χ4v) is 5.42. The Hall–Kier alpha value is -2.92. The SMILES string of the molecule is O=c1[nH]c2cc3c(cc2cc1CN(C[C@H]1COCCO1)S(=O)(=O)c1ccccc1)OCCO3. The fourth-order valence-electron chi connectivity index (χ4n) is 3.95. The largest absolute Gasteiger partial charge is 0.486 e. The van der Waals surface area contributed by atoms with Gasteiger partial charge in [-0.15, -0.1) is 0 Å². The van der Waals surface area contributed by atoms with E-state index in [2.05, 4.69) is 4.98 Å². The third-order valence-corrected chi connectivity index (χ3v) is 7.43. The summed E-state index contributed by atoms with van der Waals surface area (Å²) in [5, 5.41) is 0.725. The Labute approximate surface area is 190 Å². The van der Waals surface area contributed by atoms with E-state index >= 15 is 0 Å². The Bertz CT molecular complexity index is 1300. The predicted octanol–water partition coefficient (Wildman–Crippen LogP) is 1.91. The third-order valence-electron chi connectivity index (χ3n) is 5.60. The van der Waals surface area contributed by atoms with Gasteiger partial charge >= 0.3 is 0 Å². The van der Waals surface area contributed by atoms with Gasteiger partial charge in [-0.25, -0.2) is 8.42 Å². The molecule has 3 heterocycles. The highest BCUT2D eigenvalue weighted by molar-refractivity contribution is 7.89. The van der Waals surface area contributed by atoms with Crippen LogP contribution < -0.4 is 15.0 Å². The lowest BCUT2D eigenvalue weighted by Crippen LogP contribution is -2.43. The molecule has 33 heavy (non-hydrogen) atoms. The molecule has 1 saturated heterocycles. The number of pyridine rings is 1.